The van der Waals surface area contributed by atoms with Crippen molar-refractivity contribution in [1.29, 1.82) is 0 Å². The number of alkyl carbamates (subject to hydrolysis) is 1. The summed E-state index contributed by atoms with van der Waals surface area (Å²) in [7, 11) is 0. The van der Waals surface area contributed by atoms with Crippen molar-refractivity contribution >= 4 is 6.09 Å². The molecule has 122 valence electrons. The molecular formula is C16H31N3O2. The quantitative estimate of drug-likeness (QED) is 0.816. The van der Waals surface area contributed by atoms with Crippen LogP contribution < -0.4 is 10.6 Å². The lowest BCUT2D eigenvalue weighted by Gasteiger charge is -2.32. The molecule has 0 radical (unpaired) electrons. The van der Waals surface area contributed by atoms with Crippen molar-refractivity contribution in [3.8, 4) is 0 Å². The molecule has 0 aromatic heterocycles. The van der Waals surface area contributed by atoms with Gasteiger partial charge in [0, 0.05) is 18.1 Å². The number of hydrogen-bond acceptors (Lipinski definition) is 4. The van der Waals surface area contributed by atoms with E-state index < -0.39 is 5.60 Å². The molecule has 2 fully saturated rings. The monoisotopic (exact) mass is 297 g/mol. The number of rotatable bonds is 5. The highest BCUT2D eigenvalue weighted by Gasteiger charge is 2.40. The number of carbonyl (C=O) groups is 1. The Hall–Kier alpha value is -0.810. The minimum absolute atomic E-state index is 0.244. The van der Waals surface area contributed by atoms with Gasteiger partial charge in [0.1, 0.15) is 5.60 Å². The van der Waals surface area contributed by atoms with Gasteiger partial charge in [0.05, 0.1) is 0 Å². The Morgan fingerprint density at radius 1 is 1.24 bits per heavy atom. The van der Waals surface area contributed by atoms with Crippen molar-refractivity contribution in [2.75, 3.05) is 19.6 Å². The van der Waals surface area contributed by atoms with Crippen LogP contribution in [0.1, 0.15) is 53.4 Å². The Bertz CT molecular complexity index is 346. The van der Waals surface area contributed by atoms with Crippen LogP contribution in [0.25, 0.3) is 0 Å². The molecule has 0 spiro atoms. The fourth-order valence-electron chi connectivity index (χ4n) is 2.94. The molecule has 2 atom stereocenters. The highest BCUT2D eigenvalue weighted by Crippen LogP contribution is 2.24. The summed E-state index contributed by atoms with van der Waals surface area (Å²) in [5, 5.41) is 6.62. The molecule has 1 aliphatic heterocycles. The zero-order valence-corrected chi connectivity index (χ0v) is 13.9. The third-order valence-corrected chi connectivity index (χ3v) is 4.07. The normalized spacial score (nSPS) is 27.4. The SMILES string of the molecule is CCCN1CCC(NC2CC2NC(=O)OC(C)(C)C)CC1. The molecule has 21 heavy (non-hydrogen) atoms. The van der Waals surface area contributed by atoms with Crippen LogP contribution in [0.3, 0.4) is 0 Å². The first kappa shape index (κ1) is 16.6. The van der Waals surface area contributed by atoms with Gasteiger partial charge in [-0.2, -0.15) is 0 Å². The van der Waals surface area contributed by atoms with E-state index in [9.17, 15) is 4.79 Å². The number of hydrogen-bond donors (Lipinski definition) is 2. The minimum Gasteiger partial charge on any atom is -0.444 e. The number of carbonyl (C=O) groups excluding carboxylic acids is 1. The van der Waals surface area contributed by atoms with Crippen LogP contribution in [-0.2, 0) is 4.74 Å². The maximum atomic E-state index is 11.7. The first-order valence-corrected chi connectivity index (χ1v) is 8.35. The van der Waals surface area contributed by atoms with Crippen molar-refractivity contribution in [3.05, 3.63) is 0 Å². The topological polar surface area (TPSA) is 53.6 Å². The summed E-state index contributed by atoms with van der Waals surface area (Å²) >= 11 is 0. The van der Waals surface area contributed by atoms with Crippen molar-refractivity contribution in [2.45, 2.75) is 77.1 Å². The van der Waals surface area contributed by atoms with Gasteiger partial charge in [-0.05, 0) is 66.1 Å². The summed E-state index contributed by atoms with van der Waals surface area (Å²) in [4.78, 5) is 14.2. The van der Waals surface area contributed by atoms with E-state index in [1.165, 1.54) is 38.9 Å². The maximum absolute atomic E-state index is 11.7. The van der Waals surface area contributed by atoms with E-state index in [1.807, 2.05) is 20.8 Å². The Morgan fingerprint density at radius 3 is 2.48 bits per heavy atom. The van der Waals surface area contributed by atoms with E-state index in [0.717, 1.165) is 6.42 Å². The number of amides is 1. The second-order valence-corrected chi connectivity index (χ2v) is 7.38. The standard InChI is InChI=1S/C16H31N3O2/c1-5-8-19-9-6-12(7-10-19)17-13-11-14(13)18-15(20)21-16(2,3)4/h12-14,17H,5-11H2,1-4H3,(H,18,20). The highest BCUT2D eigenvalue weighted by atomic mass is 16.6. The van der Waals surface area contributed by atoms with Crippen molar-refractivity contribution in [3.63, 3.8) is 0 Å². The molecule has 5 heteroatoms. The molecule has 5 nitrogen and oxygen atoms in total. The molecule has 1 saturated heterocycles. The fourth-order valence-corrected chi connectivity index (χ4v) is 2.94. The Kier molecular flexibility index (Phi) is 5.49. The molecule has 1 heterocycles. The summed E-state index contributed by atoms with van der Waals surface area (Å²) < 4.78 is 5.28. The van der Waals surface area contributed by atoms with Crippen molar-refractivity contribution in [2.24, 2.45) is 0 Å². The number of ether oxygens (including phenoxy) is 1. The zero-order valence-electron chi connectivity index (χ0n) is 13.9. The Balaban J connectivity index is 1.61. The molecule has 0 aromatic rings. The lowest BCUT2D eigenvalue weighted by atomic mass is 10.0. The maximum Gasteiger partial charge on any atom is 0.407 e. The number of likely N-dealkylation sites (tertiary alicyclic amines) is 1. The molecule has 1 saturated carbocycles. The molecule has 0 bridgehead atoms. The van der Waals surface area contributed by atoms with Crippen molar-refractivity contribution in [1.82, 2.24) is 15.5 Å². The van der Waals surface area contributed by atoms with Gasteiger partial charge in [0.15, 0.2) is 0 Å². The minimum atomic E-state index is -0.423. The van der Waals surface area contributed by atoms with Crippen LogP contribution in [-0.4, -0.2) is 54.4 Å². The van der Waals surface area contributed by atoms with Gasteiger partial charge in [-0.1, -0.05) is 6.92 Å². The predicted octanol–water partition coefficient (Wildman–Crippen LogP) is 2.12. The van der Waals surface area contributed by atoms with Crippen LogP contribution in [0.4, 0.5) is 4.79 Å². The van der Waals surface area contributed by atoms with Gasteiger partial charge in [-0.25, -0.2) is 4.79 Å². The Morgan fingerprint density at radius 2 is 1.90 bits per heavy atom. The Labute approximate surface area is 128 Å². The molecule has 2 N–H and O–H groups in total. The average Bonchev–Trinajstić information content (AvgIpc) is 3.07. The number of piperidine rings is 1. The lowest BCUT2D eigenvalue weighted by Crippen LogP contribution is -2.45. The highest BCUT2D eigenvalue weighted by molar-refractivity contribution is 5.68. The van der Waals surface area contributed by atoms with Gasteiger partial charge >= 0.3 is 6.09 Å². The second kappa shape index (κ2) is 6.97. The van der Waals surface area contributed by atoms with Crippen LogP contribution in [0, 0.1) is 0 Å². The van der Waals surface area contributed by atoms with E-state index in [2.05, 4.69) is 22.5 Å². The molecule has 1 amide bonds. The third-order valence-electron chi connectivity index (χ3n) is 4.07. The van der Waals surface area contributed by atoms with E-state index in [4.69, 9.17) is 4.74 Å². The predicted molar refractivity (Wildman–Crippen MR) is 84.5 cm³/mol. The summed E-state index contributed by atoms with van der Waals surface area (Å²) in [6, 6.07) is 1.28. The van der Waals surface area contributed by atoms with Gasteiger partial charge in [-0.15, -0.1) is 0 Å². The summed E-state index contributed by atoms with van der Waals surface area (Å²) in [6.07, 6.45) is 4.40. The van der Waals surface area contributed by atoms with Crippen LogP contribution in [0.15, 0.2) is 0 Å². The van der Waals surface area contributed by atoms with Crippen LogP contribution in [0.2, 0.25) is 0 Å². The van der Waals surface area contributed by atoms with Crippen molar-refractivity contribution < 1.29 is 9.53 Å². The number of nitrogens with zero attached hydrogens (tertiary/aromatic N) is 1. The second-order valence-electron chi connectivity index (χ2n) is 7.38. The smallest absolute Gasteiger partial charge is 0.407 e. The summed E-state index contributed by atoms with van der Waals surface area (Å²) in [6.45, 7) is 11.5. The van der Waals surface area contributed by atoms with E-state index in [1.54, 1.807) is 0 Å². The number of nitrogens with one attached hydrogen (secondary N) is 2. The zero-order chi connectivity index (χ0) is 15.5. The first-order chi connectivity index (χ1) is 9.87. The molecule has 2 rings (SSSR count). The molecule has 2 unspecified atom stereocenters. The van der Waals surface area contributed by atoms with E-state index in [0.29, 0.717) is 12.1 Å². The summed E-state index contributed by atoms with van der Waals surface area (Å²) in [5.41, 5.74) is -0.423. The lowest BCUT2D eigenvalue weighted by molar-refractivity contribution is 0.0521. The van der Waals surface area contributed by atoms with Gasteiger partial charge in [-0.3, -0.25) is 0 Å². The van der Waals surface area contributed by atoms with Gasteiger partial charge in [0.25, 0.3) is 0 Å². The molecule has 0 aromatic carbocycles. The van der Waals surface area contributed by atoms with Crippen LogP contribution in [0.5, 0.6) is 0 Å². The molecule has 2 aliphatic rings. The first-order valence-electron chi connectivity index (χ1n) is 8.35. The molecular weight excluding hydrogens is 266 g/mol. The van der Waals surface area contributed by atoms with E-state index in [-0.39, 0.29) is 12.1 Å². The van der Waals surface area contributed by atoms with Crippen LogP contribution >= 0.6 is 0 Å². The summed E-state index contributed by atoms with van der Waals surface area (Å²) in [5.74, 6) is 0. The third kappa shape index (κ3) is 5.83. The van der Waals surface area contributed by atoms with Gasteiger partial charge in [0.2, 0.25) is 0 Å². The average molecular weight is 297 g/mol. The fraction of sp³-hybridized carbons (Fsp3) is 0.938. The van der Waals surface area contributed by atoms with E-state index >= 15 is 0 Å². The molecule has 1 aliphatic carbocycles. The largest absolute Gasteiger partial charge is 0.444 e. The van der Waals surface area contributed by atoms with Gasteiger partial charge < -0.3 is 20.3 Å².